The molecule has 1 aliphatic carbocycles. The Hall–Kier alpha value is -3.95. The van der Waals surface area contributed by atoms with Crippen LogP contribution < -0.4 is 20.3 Å². The van der Waals surface area contributed by atoms with Gasteiger partial charge in [0.2, 0.25) is 0 Å². The summed E-state index contributed by atoms with van der Waals surface area (Å²) in [5.41, 5.74) is 1.79. The highest BCUT2D eigenvalue weighted by Gasteiger charge is 2.54. The molecule has 0 spiro atoms. The maximum absolute atomic E-state index is 14.1. The fraction of sp³-hybridized carbons (Fsp3) is 0.516. The number of esters is 1. The van der Waals surface area contributed by atoms with Crippen LogP contribution in [0.2, 0.25) is 0 Å². The summed E-state index contributed by atoms with van der Waals surface area (Å²) in [6.45, 7) is 11.8. The van der Waals surface area contributed by atoms with Gasteiger partial charge in [-0.2, -0.15) is 0 Å². The molecule has 1 aromatic carbocycles. The Kier molecular flexibility index (Phi) is 7.29. The second kappa shape index (κ2) is 10.5. The Morgan fingerprint density at radius 2 is 1.90 bits per heavy atom. The minimum Gasteiger partial charge on any atom is -0.495 e. The van der Waals surface area contributed by atoms with Gasteiger partial charge in [-0.1, -0.05) is 6.07 Å². The highest BCUT2D eigenvalue weighted by Crippen LogP contribution is 2.50. The van der Waals surface area contributed by atoms with Crippen molar-refractivity contribution in [2.45, 2.75) is 84.3 Å². The quantitative estimate of drug-likeness (QED) is 0.336. The van der Waals surface area contributed by atoms with Gasteiger partial charge in [-0.3, -0.25) is 0 Å². The van der Waals surface area contributed by atoms with Crippen molar-refractivity contribution in [3.05, 3.63) is 47.8 Å². The first-order valence-electron chi connectivity index (χ1n) is 14.2. The lowest BCUT2D eigenvalue weighted by atomic mass is 10.0. The number of amides is 1. The van der Waals surface area contributed by atoms with Gasteiger partial charge in [0.05, 0.1) is 36.3 Å². The Morgan fingerprint density at radius 3 is 2.54 bits per heavy atom. The third-order valence-corrected chi connectivity index (χ3v) is 7.46. The van der Waals surface area contributed by atoms with Crippen molar-refractivity contribution in [1.29, 1.82) is 0 Å². The molecule has 3 heterocycles. The van der Waals surface area contributed by atoms with E-state index in [4.69, 9.17) is 19.2 Å². The molecule has 2 atom stereocenters. The number of pyridine rings is 1. The van der Waals surface area contributed by atoms with Crippen LogP contribution >= 0.6 is 0 Å². The van der Waals surface area contributed by atoms with Crippen molar-refractivity contribution in [3.63, 3.8) is 0 Å². The highest BCUT2D eigenvalue weighted by molar-refractivity contribution is 5.99. The third kappa shape index (κ3) is 5.39. The van der Waals surface area contributed by atoms with E-state index in [0.717, 1.165) is 40.9 Å². The van der Waals surface area contributed by atoms with Crippen molar-refractivity contribution in [2.75, 3.05) is 24.4 Å². The number of hydrogen-bond donors (Lipinski definition) is 2. The molecule has 0 radical (unpaired) electrons. The Labute approximate surface area is 241 Å². The number of benzene rings is 1. The van der Waals surface area contributed by atoms with Crippen LogP contribution in [0.25, 0.3) is 11.0 Å². The molecule has 1 amide bonds. The number of anilines is 2. The third-order valence-electron chi connectivity index (χ3n) is 7.46. The van der Waals surface area contributed by atoms with E-state index < -0.39 is 23.3 Å². The number of aromatic nitrogens is 2. The number of likely N-dealkylation sites (N-methyl/N-ethyl adjacent to an activating group) is 1. The van der Waals surface area contributed by atoms with Crippen LogP contribution in [0.3, 0.4) is 0 Å². The standard InChI is InChI=1S/C31H41N5O5/c1-18(2)40-28(37)31(34-23-10-9-11-24(39-8)26(23)35(31)7)25-16-21-14-15-22(19(3)32-29(38)41-30(4,5)6)33-27(21)36(25)17-20-12-13-20/h9-11,14-16,18-20,34H,12-13,17H2,1-8H3,(H,32,38)/t19?,31-/m1/s1. The van der Waals surface area contributed by atoms with Crippen LogP contribution in [0.15, 0.2) is 36.4 Å². The van der Waals surface area contributed by atoms with Crippen LogP contribution in [0, 0.1) is 5.92 Å². The number of carbonyl (C=O) groups excluding carboxylic acids is 2. The molecule has 2 aliphatic rings. The lowest BCUT2D eigenvalue weighted by Gasteiger charge is -2.36. The van der Waals surface area contributed by atoms with E-state index >= 15 is 0 Å². The van der Waals surface area contributed by atoms with Crippen molar-refractivity contribution in [2.24, 2.45) is 5.92 Å². The smallest absolute Gasteiger partial charge is 0.408 e. The molecule has 5 rings (SSSR count). The van der Waals surface area contributed by atoms with Crippen molar-refractivity contribution >= 4 is 34.5 Å². The molecule has 1 aliphatic heterocycles. The molecule has 2 N–H and O–H groups in total. The number of para-hydroxylation sites is 1. The molecule has 10 nitrogen and oxygen atoms in total. The first-order valence-corrected chi connectivity index (χ1v) is 14.2. The van der Waals surface area contributed by atoms with Crippen LogP contribution in [0.5, 0.6) is 5.75 Å². The zero-order chi connectivity index (χ0) is 29.7. The zero-order valence-electron chi connectivity index (χ0n) is 25.2. The minimum atomic E-state index is -1.35. The number of ether oxygens (including phenoxy) is 3. The second-order valence-corrected chi connectivity index (χ2v) is 12.3. The van der Waals surface area contributed by atoms with E-state index in [9.17, 15) is 9.59 Å². The summed E-state index contributed by atoms with van der Waals surface area (Å²) in [7, 11) is 3.51. The maximum atomic E-state index is 14.1. The van der Waals surface area contributed by atoms with E-state index in [1.54, 1.807) is 7.11 Å². The number of alkyl carbamates (subject to hydrolysis) is 1. The van der Waals surface area contributed by atoms with Gasteiger partial charge in [-0.15, -0.1) is 0 Å². The van der Waals surface area contributed by atoms with E-state index in [0.29, 0.717) is 23.9 Å². The molecule has 220 valence electrons. The van der Waals surface area contributed by atoms with Gasteiger partial charge < -0.3 is 34.3 Å². The normalized spacial score (nSPS) is 19.1. The van der Waals surface area contributed by atoms with E-state index in [-0.39, 0.29) is 12.1 Å². The molecule has 3 aromatic rings. The maximum Gasteiger partial charge on any atom is 0.408 e. The fourth-order valence-corrected chi connectivity index (χ4v) is 5.39. The zero-order valence-corrected chi connectivity index (χ0v) is 25.2. The van der Waals surface area contributed by atoms with Gasteiger partial charge in [-0.05, 0) is 90.6 Å². The van der Waals surface area contributed by atoms with E-state index in [2.05, 4.69) is 15.2 Å². The summed E-state index contributed by atoms with van der Waals surface area (Å²) < 4.78 is 19.2. The van der Waals surface area contributed by atoms with Gasteiger partial charge in [0.15, 0.2) is 0 Å². The molecule has 10 heteroatoms. The van der Waals surface area contributed by atoms with Crippen molar-refractivity contribution in [3.8, 4) is 5.75 Å². The van der Waals surface area contributed by atoms with Crippen LogP contribution in [0.1, 0.15) is 71.8 Å². The Balaban J connectivity index is 1.63. The molecular formula is C31H41N5O5. The average molecular weight is 564 g/mol. The lowest BCUT2D eigenvalue weighted by molar-refractivity contribution is -0.153. The summed E-state index contributed by atoms with van der Waals surface area (Å²) in [5.74, 6) is 0.742. The number of methoxy groups -OCH3 is 1. The van der Waals surface area contributed by atoms with Crippen LogP contribution in [0.4, 0.5) is 16.2 Å². The monoisotopic (exact) mass is 563 g/mol. The number of fused-ring (bicyclic) bond motifs is 2. The van der Waals surface area contributed by atoms with Gasteiger partial charge in [0.25, 0.3) is 5.66 Å². The first kappa shape index (κ1) is 28.6. The average Bonchev–Trinajstić information content (AvgIpc) is 3.56. The first-order chi connectivity index (χ1) is 19.3. The summed E-state index contributed by atoms with van der Waals surface area (Å²) in [5, 5.41) is 7.30. The summed E-state index contributed by atoms with van der Waals surface area (Å²) in [6, 6.07) is 11.2. The van der Waals surface area contributed by atoms with E-state index in [1.807, 2.05) is 89.9 Å². The van der Waals surface area contributed by atoms with Gasteiger partial charge in [-0.25, -0.2) is 14.6 Å². The molecule has 1 saturated carbocycles. The van der Waals surface area contributed by atoms with Gasteiger partial charge in [0.1, 0.15) is 22.7 Å². The predicted octanol–water partition coefficient (Wildman–Crippen LogP) is 5.71. The number of nitrogens with one attached hydrogen (secondary N) is 2. The molecule has 2 aromatic heterocycles. The molecule has 41 heavy (non-hydrogen) atoms. The molecule has 0 bridgehead atoms. The summed E-state index contributed by atoms with van der Waals surface area (Å²) in [6.07, 6.45) is 1.43. The molecule has 1 unspecified atom stereocenters. The van der Waals surface area contributed by atoms with Gasteiger partial charge in [0, 0.05) is 19.0 Å². The van der Waals surface area contributed by atoms with Crippen LogP contribution in [-0.2, 0) is 26.5 Å². The molecule has 0 saturated heterocycles. The summed E-state index contributed by atoms with van der Waals surface area (Å²) >= 11 is 0. The van der Waals surface area contributed by atoms with Crippen LogP contribution in [-0.4, -0.2) is 47.5 Å². The molecule has 1 fully saturated rings. The number of nitrogens with zero attached hydrogens (tertiary/aromatic N) is 3. The number of hydrogen-bond acceptors (Lipinski definition) is 8. The van der Waals surface area contributed by atoms with E-state index in [1.165, 1.54) is 0 Å². The van der Waals surface area contributed by atoms with Crippen molar-refractivity contribution in [1.82, 2.24) is 14.9 Å². The van der Waals surface area contributed by atoms with Gasteiger partial charge >= 0.3 is 12.1 Å². The molecular weight excluding hydrogens is 522 g/mol. The SMILES string of the molecule is COc1cccc2c1N(C)[C@@](C(=O)OC(C)C)(c1cc3ccc(C(C)NC(=O)OC(C)(C)C)nc3n1CC1CC1)N2. The predicted molar refractivity (Wildman–Crippen MR) is 158 cm³/mol. The largest absolute Gasteiger partial charge is 0.495 e. The Bertz CT molecular complexity index is 1470. The second-order valence-electron chi connectivity index (χ2n) is 12.3. The van der Waals surface area contributed by atoms with Crippen molar-refractivity contribution < 1.29 is 23.8 Å². The fourth-order valence-electron chi connectivity index (χ4n) is 5.39. The number of carbonyl (C=O) groups is 2. The topological polar surface area (TPSA) is 107 Å². The highest BCUT2D eigenvalue weighted by atomic mass is 16.6. The minimum absolute atomic E-state index is 0.314. The summed E-state index contributed by atoms with van der Waals surface area (Å²) in [4.78, 5) is 33.5. The Morgan fingerprint density at radius 1 is 1.17 bits per heavy atom. The lowest BCUT2D eigenvalue weighted by Crippen LogP contribution is -2.55. The number of rotatable bonds is 8.